The van der Waals surface area contributed by atoms with Crippen LogP contribution in [-0.4, -0.2) is 36.6 Å². The van der Waals surface area contributed by atoms with E-state index < -0.39 is 0 Å². The molecule has 1 aliphatic carbocycles. The molecule has 1 unspecified atom stereocenters. The number of nitrogens with one attached hydrogen (secondary N) is 1. The Bertz CT molecular complexity index is 231. The van der Waals surface area contributed by atoms with E-state index in [-0.39, 0.29) is 0 Å². The van der Waals surface area contributed by atoms with Crippen molar-refractivity contribution < 1.29 is 0 Å². The lowest BCUT2D eigenvalue weighted by Crippen LogP contribution is -2.51. The van der Waals surface area contributed by atoms with Gasteiger partial charge in [0.25, 0.3) is 0 Å². The number of likely N-dealkylation sites (N-methyl/N-ethyl adjacent to an activating group) is 1. The molecule has 1 saturated carbocycles. The average molecular weight is 268 g/mol. The Morgan fingerprint density at radius 2 is 1.79 bits per heavy atom. The van der Waals surface area contributed by atoms with Gasteiger partial charge in [0.05, 0.1) is 0 Å². The Balaban J connectivity index is 2.57. The zero-order valence-electron chi connectivity index (χ0n) is 14.0. The van der Waals surface area contributed by atoms with Crippen LogP contribution in [0.5, 0.6) is 0 Å². The van der Waals surface area contributed by atoms with E-state index in [0.29, 0.717) is 11.6 Å². The Morgan fingerprint density at radius 3 is 2.32 bits per heavy atom. The minimum atomic E-state index is 0.320. The Labute approximate surface area is 121 Å². The summed E-state index contributed by atoms with van der Waals surface area (Å²) in [6.07, 6.45) is 9.65. The van der Waals surface area contributed by atoms with Crippen LogP contribution in [0.3, 0.4) is 0 Å². The predicted molar refractivity (Wildman–Crippen MR) is 85.7 cm³/mol. The third-order valence-corrected chi connectivity index (χ3v) is 5.24. The standard InChI is InChI=1S/C17H36N2/c1-6-13-18-16(15-11-9-8-10-12-15)14-19(5)17(3,4)7-2/h15-16,18H,6-14H2,1-5H3. The summed E-state index contributed by atoms with van der Waals surface area (Å²) in [7, 11) is 2.30. The molecule has 0 aromatic carbocycles. The Hall–Kier alpha value is -0.0800. The molecule has 1 N–H and O–H groups in total. The van der Waals surface area contributed by atoms with Gasteiger partial charge in [0.2, 0.25) is 0 Å². The lowest BCUT2D eigenvalue weighted by atomic mass is 9.83. The fourth-order valence-corrected chi connectivity index (χ4v) is 3.06. The number of hydrogen-bond acceptors (Lipinski definition) is 2. The van der Waals surface area contributed by atoms with Gasteiger partial charge in [0.15, 0.2) is 0 Å². The van der Waals surface area contributed by atoms with E-state index >= 15 is 0 Å². The fourth-order valence-electron chi connectivity index (χ4n) is 3.06. The van der Waals surface area contributed by atoms with Crippen molar-refractivity contribution in [1.82, 2.24) is 10.2 Å². The summed E-state index contributed by atoms with van der Waals surface area (Å²) in [6, 6.07) is 0.691. The molecule has 1 atom stereocenters. The summed E-state index contributed by atoms with van der Waals surface area (Å²) in [5.41, 5.74) is 0.320. The SMILES string of the molecule is CCCNC(CN(C)C(C)(C)CC)C1CCCCC1. The van der Waals surface area contributed by atoms with Crippen LogP contribution < -0.4 is 5.32 Å². The molecular weight excluding hydrogens is 232 g/mol. The summed E-state index contributed by atoms with van der Waals surface area (Å²) in [6.45, 7) is 11.7. The first-order valence-corrected chi connectivity index (χ1v) is 8.46. The van der Waals surface area contributed by atoms with Gasteiger partial charge in [-0.15, -0.1) is 0 Å². The van der Waals surface area contributed by atoms with Gasteiger partial charge in [-0.05, 0) is 59.0 Å². The first-order chi connectivity index (χ1) is 9.01. The van der Waals surface area contributed by atoms with Gasteiger partial charge in [-0.2, -0.15) is 0 Å². The molecular formula is C17H36N2. The highest BCUT2D eigenvalue weighted by molar-refractivity contribution is 4.86. The van der Waals surface area contributed by atoms with Crippen LogP contribution in [0.2, 0.25) is 0 Å². The third kappa shape index (κ3) is 5.43. The summed E-state index contributed by atoms with van der Waals surface area (Å²) in [4.78, 5) is 2.56. The summed E-state index contributed by atoms with van der Waals surface area (Å²) >= 11 is 0. The van der Waals surface area contributed by atoms with E-state index in [2.05, 4.69) is 45.0 Å². The van der Waals surface area contributed by atoms with Gasteiger partial charge < -0.3 is 5.32 Å². The first-order valence-electron chi connectivity index (χ1n) is 8.46. The monoisotopic (exact) mass is 268 g/mol. The molecule has 2 heteroatoms. The topological polar surface area (TPSA) is 15.3 Å². The summed E-state index contributed by atoms with van der Waals surface area (Å²) in [5, 5.41) is 3.82. The van der Waals surface area contributed by atoms with Crippen molar-refractivity contribution >= 4 is 0 Å². The molecule has 0 aliphatic heterocycles. The maximum atomic E-state index is 3.82. The zero-order valence-corrected chi connectivity index (χ0v) is 14.0. The summed E-state index contributed by atoms with van der Waals surface area (Å²) < 4.78 is 0. The highest BCUT2D eigenvalue weighted by Gasteiger charge is 2.28. The quantitative estimate of drug-likeness (QED) is 0.714. The number of nitrogens with zero attached hydrogens (tertiary/aromatic N) is 1. The van der Waals surface area contributed by atoms with Gasteiger partial charge in [-0.25, -0.2) is 0 Å². The van der Waals surface area contributed by atoms with Gasteiger partial charge in [0.1, 0.15) is 0 Å². The minimum Gasteiger partial charge on any atom is -0.312 e. The Morgan fingerprint density at radius 1 is 1.16 bits per heavy atom. The molecule has 0 saturated heterocycles. The van der Waals surface area contributed by atoms with Crippen molar-refractivity contribution in [1.29, 1.82) is 0 Å². The van der Waals surface area contributed by atoms with Gasteiger partial charge in [0, 0.05) is 18.1 Å². The molecule has 0 bridgehead atoms. The van der Waals surface area contributed by atoms with Crippen molar-refractivity contribution in [3.05, 3.63) is 0 Å². The molecule has 0 aromatic rings. The van der Waals surface area contributed by atoms with Crippen LogP contribution in [0.1, 0.15) is 72.6 Å². The molecule has 1 aliphatic rings. The molecule has 1 rings (SSSR count). The smallest absolute Gasteiger partial charge is 0.0223 e. The second-order valence-electron chi connectivity index (χ2n) is 7.01. The van der Waals surface area contributed by atoms with Crippen LogP contribution in [0.4, 0.5) is 0 Å². The van der Waals surface area contributed by atoms with E-state index in [9.17, 15) is 0 Å². The van der Waals surface area contributed by atoms with E-state index in [4.69, 9.17) is 0 Å². The second kappa shape index (κ2) is 8.26. The van der Waals surface area contributed by atoms with Crippen LogP contribution in [0.25, 0.3) is 0 Å². The Kier molecular flexibility index (Phi) is 7.38. The van der Waals surface area contributed by atoms with Crippen molar-refractivity contribution in [2.24, 2.45) is 5.92 Å². The largest absolute Gasteiger partial charge is 0.312 e. The zero-order chi connectivity index (χ0) is 14.3. The van der Waals surface area contributed by atoms with Crippen molar-refractivity contribution in [2.45, 2.75) is 84.2 Å². The average Bonchev–Trinajstić information content (AvgIpc) is 2.44. The van der Waals surface area contributed by atoms with Crippen molar-refractivity contribution in [2.75, 3.05) is 20.1 Å². The number of rotatable bonds is 8. The van der Waals surface area contributed by atoms with Crippen LogP contribution in [0, 0.1) is 5.92 Å². The normalized spacial score (nSPS) is 19.9. The second-order valence-corrected chi connectivity index (χ2v) is 7.01. The molecule has 0 spiro atoms. The predicted octanol–water partition coefficient (Wildman–Crippen LogP) is 4.06. The molecule has 19 heavy (non-hydrogen) atoms. The summed E-state index contributed by atoms with van der Waals surface area (Å²) in [5.74, 6) is 0.899. The molecule has 1 fully saturated rings. The van der Waals surface area contributed by atoms with Crippen molar-refractivity contribution in [3.8, 4) is 0 Å². The highest BCUT2D eigenvalue weighted by atomic mass is 15.2. The third-order valence-electron chi connectivity index (χ3n) is 5.24. The maximum absolute atomic E-state index is 3.82. The van der Waals surface area contributed by atoms with Crippen LogP contribution in [-0.2, 0) is 0 Å². The van der Waals surface area contributed by atoms with Gasteiger partial charge in [-0.1, -0.05) is 33.1 Å². The van der Waals surface area contributed by atoms with E-state index in [0.717, 1.165) is 5.92 Å². The molecule has 114 valence electrons. The van der Waals surface area contributed by atoms with Crippen molar-refractivity contribution in [3.63, 3.8) is 0 Å². The van der Waals surface area contributed by atoms with E-state index in [1.165, 1.54) is 58.0 Å². The maximum Gasteiger partial charge on any atom is 0.0223 e. The lowest BCUT2D eigenvalue weighted by Gasteiger charge is -2.40. The molecule has 0 aromatic heterocycles. The highest BCUT2D eigenvalue weighted by Crippen LogP contribution is 2.28. The number of hydrogen-bond donors (Lipinski definition) is 1. The lowest BCUT2D eigenvalue weighted by molar-refractivity contribution is 0.113. The van der Waals surface area contributed by atoms with Crippen LogP contribution >= 0.6 is 0 Å². The fraction of sp³-hybridized carbons (Fsp3) is 1.00. The van der Waals surface area contributed by atoms with E-state index in [1.54, 1.807) is 0 Å². The van der Waals surface area contributed by atoms with Gasteiger partial charge >= 0.3 is 0 Å². The van der Waals surface area contributed by atoms with Crippen LogP contribution in [0.15, 0.2) is 0 Å². The minimum absolute atomic E-state index is 0.320. The van der Waals surface area contributed by atoms with Gasteiger partial charge in [-0.3, -0.25) is 4.90 Å². The molecule has 2 nitrogen and oxygen atoms in total. The first kappa shape index (κ1) is 17.0. The molecule has 0 amide bonds. The molecule has 0 heterocycles. The molecule has 0 radical (unpaired) electrons. The van der Waals surface area contributed by atoms with E-state index in [1.807, 2.05) is 0 Å².